The highest BCUT2D eigenvalue weighted by atomic mass is 16.1. The lowest BCUT2D eigenvalue weighted by atomic mass is 9.85. The molecule has 1 aromatic heterocycles. The smallest absolute Gasteiger partial charge is 0.227 e. The first-order valence-electron chi connectivity index (χ1n) is 9.06. The summed E-state index contributed by atoms with van der Waals surface area (Å²) in [5.41, 5.74) is 8.67. The molecule has 1 fully saturated rings. The standard InChI is InChI=1S/C20H23N5O/c21-14-6-4-5-13(11-14)20(26)23-16-9-10-18-17(12-16)19(25-24-18)22-15-7-2-1-3-8-15/h1-3,7-10,12-14H,4-6,11,21H2,(H,23,26)(H2,22,24,25). The van der Waals surface area contributed by atoms with Crippen LogP contribution in [0.25, 0.3) is 10.9 Å². The Kier molecular flexibility index (Phi) is 4.58. The first-order chi connectivity index (χ1) is 12.7. The molecule has 2 atom stereocenters. The number of benzene rings is 2. The van der Waals surface area contributed by atoms with Gasteiger partial charge in [0.05, 0.1) is 5.52 Å². The van der Waals surface area contributed by atoms with Crippen LogP contribution in [0.2, 0.25) is 0 Å². The lowest BCUT2D eigenvalue weighted by Gasteiger charge is -2.25. The number of anilines is 3. The van der Waals surface area contributed by atoms with Gasteiger partial charge in [-0.25, -0.2) is 0 Å². The highest BCUT2D eigenvalue weighted by Gasteiger charge is 2.25. The summed E-state index contributed by atoms with van der Waals surface area (Å²) < 4.78 is 0. The topological polar surface area (TPSA) is 95.8 Å². The van der Waals surface area contributed by atoms with E-state index in [4.69, 9.17) is 5.73 Å². The van der Waals surface area contributed by atoms with Crippen LogP contribution in [0.1, 0.15) is 25.7 Å². The molecule has 5 N–H and O–H groups in total. The first kappa shape index (κ1) is 16.6. The minimum atomic E-state index is 0.000658. The van der Waals surface area contributed by atoms with Crippen molar-refractivity contribution in [1.29, 1.82) is 0 Å². The summed E-state index contributed by atoms with van der Waals surface area (Å²) >= 11 is 0. The first-order valence-corrected chi connectivity index (χ1v) is 9.06. The van der Waals surface area contributed by atoms with Crippen molar-refractivity contribution in [2.45, 2.75) is 31.7 Å². The highest BCUT2D eigenvalue weighted by molar-refractivity contribution is 5.98. The number of nitrogens with zero attached hydrogens (tertiary/aromatic N) is 1. The molecule has 0 saturated heterocycles. The molecule has 2 aromatic carbocycles. The minimum absolute atomic E-state index is 0.000658. The van der Waals surface area contributed by atoms with Crippen LogP contribution in [-0.2, 0) is 4.79 Å². The van der Waals surface area contributed by atoms with E-state index in [1.54, 1.807) is 0 Å². The van der Waals surface area contributed by atoms with Crippen LogP contribution >= 0.6 is 0 Å². The number of aromatic amines is 1. The molecule has 0 bridgehead atoms. The number of carbonyl (C=O) groups excluding carboxylic acids is 1. The van der Waals surface area contributed by atoms with E-state index in [2.05, 4.69) is 20.8 Å². The molecule has 1 aliphatic rings. The number of nitrogens with two attached hydrogens (primary N) is 1. The molecule has 1 heterocycles. The number of aromatic nitrogens is 2. The fourth-order valence-corrected chi connectivity index (χ4v) is 3.56. The number of hydrogen-bond donors (Lipinski definition) is 4. The lowest BCUT2D eigenvalue weighted by molar-refractivity contribution is -0.120. The number of H-pyrrole nitrogens is 1. The van der Waals surface area contributed by atoms with Crippen molar-refractivity contribution in [3.8, 4) is 0 Å². The molecule has 2 unspecified atom stereocenters. The Bertz CT molecular complexity index is 905. The molecule has 26 heavy (non-hydrogen) atoms. The van der Waals surface area contributed by atoms with Crippen LogP contribution < -0.4 is 16.4 Å². The summed E-state index contributed by atoms with van der Waals surface area (Å²) in [6, 6.07) is 15.8. The minimum Gasteiger partial charge on any atom is -0.338 e. The third-order valence-corrected chi connectivity index (χ3v) is 4.95. The molecular formula is C20H23N5O. The maximum absolute atomic E-state index is 12.6. The largest absolute Gasteiger partial charge is 0.338 e. The number of fused-ring (bicyclic) bond motifs is 1. The Morgan fingerprint density at radius 3 is 2.77 bits per heavy atom. The van der Waals surface area contributed by atoms with Crippen molar-refractivity contribution >= 4 is 34.0 Å². The fourth-order valence-electron chi connectivity index (χ4n) is 3.56. The SMILES string of the molecule is NC1CCCC(C(=O)Nc2ccc3[nH]nc(Nc4ccccc4)c3c2)C1. The number of carbonyl (C=O) groups is 1. The molecule has 1 aliphatic carbocycles. The summed E-state index contributed by atoms with van der Waals surface area (Å²) in [5.74, 6) is 0.795. The number of rotatable bonds is 4. The molecular weight excluding hydrogens is 326 g/mol. The zero-order valence-electron chi connectivity index (χ0n) is 14.5. The Morgan fingerprint density at radius 1 is 1.12 bits per heavy atom. The van der Waals surface area contributed by atoms with E-state index in [0.717, 1.165) is 53.8 Å². The van der Waals surface area contributed by atoms with E-state index >= 15 is 0 Å². The second-order valence-corrected chi connectivity index (χ2v) is 6.94. The molecule has 4 rings (SSSR count). The van der Waals surface area contributed by atoms with Gasteiger partial charge in [0.1, 0.15) is 0 Å². The van der Waals surface area contributed by atoms with E-state index < -0.39 is 0 Å². The molecule has 1 saturated carbocycles. The highest BCUT2D eigenvalue weighted by Crippen LogP contribution is 2.28. The van der Waals surface area contributed by atoms with Gasteiger partial charge < -0.3 is 16.4 Å². The molecule has 1 amide bonds. The molecule has 0 radical (unpaired) electrons. The molecule has 0 spiro atoms. The van der Waals surface area contributed by atoms with Gasteiger partial charge in [0.15, 0.2) is 5.82 Å². The van der Waals surface area contributed by atoms with Gasteiger partial charge in [0.25, 0.3) is 0 Å². The molecule has 6 nitrogen and oxygen atoms in total. The zero-order chi connectivity index (χ0) is 17.9. The summed E-state index contributed by atoms with van der Waals surface area (Å²) in [4.78, 5) is 12.6. The molecule has 6 heteroatoms. The lowest BCUT2D eigenvalue weighted by Crippen LogP contribution is -2.34. The van der Waals surface area contributed by atoms with E-state index in [1.807, 2.05) is 48.5 Å². The summed E-state index contributed by atoms with van der Waals surface area (Å²) in [7, 11) is 0. The van der Waals surface area contributed by atoms with Gasteiger partial charge in [-0.2, -0.15) is 5.10 Å². The number of amides is 1. The van der Waals surface area contributed by atoms with E-state index in [1.165, 1.54) is 0 Å². The van der Waals surface area contributed by atoms with Crippen molar-refractivity contribution in [2.24, 2.45) is 11.7 Å². The van der Waals surface area contributed by atoms with Gasteiger partial charge in [-0.05, 0) is 49.6 Å². The normalized spacial score (nSPS) is 20.0. The average molecular weight is 349 g/mol. The van der Waals surface area contributed by atoms with Crippen LogP contribution in [0.15, 0.2) is 48.5 Å². The fraction of sp³-hybridized carbons (Fsp3) is 0.300. The Hall–Kier alpha value is -2.86. The van der Waals surface area contributed by atoms with Crippen LogP contribution in [-0.4, -0.2) is 22.1 Å². The summed E-state index contributed by atoms with van der Waals surface area (Å²) in [6.07, 6.45) is 3.71. The van der Waals surface area contributed by atoms with Crippen molar-refractivity contribution in [3.63, 3.8) is 0 Å². The van der Waals surface area contributed by atoms with Crippen molar-refractivity contribution in [2.75, 3.05) is 10.6 Å². The Balaban J connectivity index is 1.53. The third kappa shape index (κ3) is 3.55. The average Bonchev–Trinajstić information content (AvgIpc) is 3.05. The predicted octanol–water partition coefficient (Wildman–Crippen LogP) is 3.76. The van der Waals surface area contributed by atoms with Crippen LogP contribution in [0.5, 0.6) is 0 Å². The maximum atomic E-state index is 12.6. The maximum Gasteiger partial charge on any atom is 0.227 e. The van der Waals surface area contributed by atoms with Crippen molar-refractivity contribution in [1.82, 2.24) is 10.2 Å². The second-order valence-electron chi connectivity index (χ2n) is 6.94. The van der Waals surface area contributed by atoms with Crippen LogP contribution in [0, 0.1) is 5.92 Å². The Morgan fingerprint density at radius 2 is 1.96 bits per heavy atom. The third-order valence-electron chi connectivity index (χ3n) is 4.95. The van der Waals surface area contributed by atoms with Crippen LogP contribution in [0.3, 0.4) is 0 Å². The van der Waals surface area contributed by atoms with E-state index in [0.29, 0.717) is 0 Å². The van der Waals surface area contributed by atoms with Gasteiger partial charge in [-0.1, -0.05) is 24.6 Å². The Labute approximate surface area is 152 Å². The van der Waals surface area contributed by atoms with Gasteiger partial charge >= 0.3 is 0 Å². The van der Waals surface area contributed by atoms with E-state index in [9.17, 15) is 4.79 Å². The van der Waals surface area contributed by atoms with Gasteiger partial charge in [-0.15, -0.1) is 0 Å². The number of para-hydroxylation sites is 1. The number of nitrogens with one attached hydrogen (secondary N) is 3. The van der Waals surface area contributed by atoms with E-state index in [-0.39, 0.29) is 17.9 Å². The monoisotopic (exact) mass is 349 g/mol. The van der Waals surface area contributed by atoms with Crippen molar-refractivity contribution in [3.05, 3.63) is 48.5 Å². The quantitative estimate of drug-likeness (QED) is 0.576. The molecule has 0 aliphatic heterocycles. The molecule has 134 valence electrons. The number of hydrogen-bond acceptors (Lipinski definition) is 4. The van der Waals surface area contributed by atoms with Gasteiger partial charge in [0.2, 0.25) is 5.91 Å². The summed E-state index contributed by atoms with van der Waals surface area (Å²) in [5, 5.41) is 14.6. The van der Waals surface area contributed by atoms with Crippen molar-refractivity contribution < 1.29 is 4.79 Å². The second kappa shape index (κ2) is 7.17. The predicted molar refractivity (Wildman–Crippen MR) is 104 cm³/mol. The zero-order valence-corrected chi connectivity index (χ0v) is 14.5. The summed E-state index contributed by atoms with van der Waals surface area (Å²) in [6.45, 7) is 0. The van der Waals surface area contributed by atoms with Gasteiger partial charge in [-0.3, -0.25) is 9.89 Å². The molecule has 3 aromatic rings. The van der Waals surface area contributed by atoms with Crippen LogP contribution in [0.4, 0.5) is 17.2 Å². The van der Waals surface area contributed by atoms with Gasteiger partial charge in [0, 0.05) is 28.7 Å².